The van der Waals surface area contributed by atoms with Crippen molar-refractivity contribution in [3.8, 4) is 0 Å². The SMILES string of the molecule is CN(C)c1nccc(NCCCN2CCOCC2)n1. The van der Waals surface area contributed by atoms with Crippen molar-refractivity contribution in [2.75, 3.05) is 63.7 Å². The van der Waals surface area contributed by atoms with E-state index in [-0.39, 0.29) is 0 Å². The van der Waals surface area contributed by atoms with Gasteiger partial charge in [0.1, 0.15) is 5.82 Å². The Hall–Kier alpha value is -1.40. The quantitative estimate of drug-likeness (QED) is 0.763. The van der Waals surface area contributed by atoms with Crippen LogP contribution in [0.3, 0.4) is 0 Å². The van der Waals surface area contributed by atoms with Gasteiger partial charge in [-0.3, -0.25) is 4.90 Å². The highest BCUT2D eigenvalue weighted by Crippen LogP contribution is 2.07. The second kappa shape index (κ2) is 7.25. The van der Waals surface area contributed by atoms with Gasteiger partial charge in [-0.1, -0.05) is 0 Å². The minimum Gasteiger partial charge on any atom is -0.379 e. The van der Waals surface area contributed by atoms with Gasteiger partial charge in [0.15, 0.2) is 0 Å². The average molecular weight is 265 g/mol. The van der Waals surface area contributed by atoms with Gasteiger partial charge in [0.25, 0.3) is 0 Å². The van der Waals surface area contributed by atoms with Crippen LogP contribution in [0, 0.1) is 0 Å². The first-order valence-electron chi connectivity index (χ1n) is 6.80. The average Bonchev–Trinajstić information content (AvgIpc) is 2.45. The molecule has 0 aliphatic carbocycles. The number of aromatic nitrogens is 2. The van der Waals surface area contributed by atoms with E-state index in [4.69, 9.17) is 4.74 Å². The highest BCUT2D eigenvalue weighted by molar-refractivity contribution is 5.40. The summed E-state index contributed by atoms with van der Waals surface area (Å²) in [5.41, 5.74) is 0. The standard InChI is InChI=1S/C13H23N5O/c1-17(2)13-15-6-4-12(16-13)14-5-3-7-18-8-10-19-11-9-18/h4,6H,3,5,7-11H2,1-2H3,(H,14,15,16). The molecular weight excluding hydrogens is 242 g/mol. The molecule has 6 heteroatoms. The Labute approximate surface area is 114 Å². The number of anilines is 2. The monoisotopic (exact) mass is 265 g/mol. The molecule has 0 atom stereocenters. The Morgan fingerprint density at radius 2 is 2.16 bits per heavy atom. The first kappa shape index (κ1) is 14.0. The number of nitrogens with one attached hydrogen (secondary N) is 1. The molecular formula is C13H23N5O. The first-order chi connectivity index (χ1) is 9.25. The summed E-state index contributed by atoms with van der Waals surface area (Å²) in [6.07, 6.45) is 2.90. The second-order valence-corrected chi connectivity index (χ2v) is 4.87. The van der Waals surface area contributed by atoms with Crippen LogP contribution in [0.15, 0.2) is 12.3 Å². The predicted octanol–water partition coefficient (Wildman–Crippen LogP) is 0.677. The molecule has 1 aromatic rings. The molecule has 2 heterocycles. The van der Waals surface area contributed by atoms with Crippen LogP contribution in [0.1, 0.15) is 6.42 Å². The van der Waals surface area contributed by atoms with E-state index >= 15 is 0 Å². The fraction of sp³-hybridized carbons (Fsp3) is 0.692. The van der Waals surface area contributed by atoms with E-state index in [1.54, 1.807) is 6.20 Å². The van der Waals surface area contributed by atoms with Gasteiger partial charge in [0.05, 0.1) is 13.2 Å². The summed E-state index contributed by atoms with van der Waals surface area (Å²) in [5.74, 6) is 1.62. The molecule has 0 saturated carbocycles. The summed E-state index contributed by atoms with van der Waals surface area (Å²) in [7, 11) is 3.88. The molecule has 1 aliphatic heterocycles. The topological polar surface area (TPSA) is 53.5 Å². The van der Waals surface area contributed by atoms with Crippen molar-refractivity contribution in [2.24, 2.45) is 0 Å². The van der Waals surface area contributed by atoms with Gasteiger partial charge in [-0.25, -0.2) is 4.98 Å². The zero-order chi connectivity index (χ0) is 13.5. The number of nitrogens with zero attached hydrogens (tertiary/aromatic N) is 4. The lowest BCUT2D eigenvalue weighted by Gasteiger charge is -2.26. The van der Waals surface area contributed by atoms with Crippen LogP contribution in [-0.2, 0) is 4.74 Å². The molecule has 1 aromatic heterocycles. The summed E-state index contributed by atoms with van der Waals surface area (Å²) in [6, 6.07) is 1.90. The van der Waals surface area contributed by atoms with Gasteiger partial charge in [-0.15, -0.1) is 0 Å². The van der Waals surface area contributed by atoms with Gasteiger partial charge in [-0.2, -0.15) is 4.98 Å². The van der Waals surface area contributed by atoms with Crippen LogP contribution in [0.5, 0.6) is 0 Å². The second-order valence-electron chi connectivity index (χ2n) is 4.87. The van der Waals surface area contributed by atoms with Gasteiger partial charge >= 0.3 is 0 Å². The maximum Gasteiger partial charge on any atom is 0.226 e. The zero-order valence-corrected chi connectivity index (χ0v) is 11.8. The maximum atomic E-state index is 5.33. The molecule has 0 unspecified atom stereocenters. The van der Waals surface area contributed by atoms with Crippen molar-refractivity contribution in [2.45, 2.75) is 6.42 Å². The van der Waals surface area contributed by atoms with E-state index in [0.717, 1.165) is 57.6 Å². The summed E-state index contributed by atoms with van der Waals surface area (Å²) in [4.78, 5) is 13.0. The summed E-state index contributed by atoms with van der Waals surface area (Å²) in [6.45, 7) is 5.89. The minimum absolute atomic E-state index is 0.734. The first-order valence-corrected chi connectivity index (χ1v) is 6.80. The van der Waals surface area contributed by atoms with Crippen LogP contribution in [0.25, 0.3) is 0 Å². The molecule has 0 amide bonds. The zero-order valence-electron chi connectivity index (χ0n) is 11.8. The van der Waals surface area contributed by atoms with Gasteiger partial charge in [-0.05, 0) is 19.0 Å². The van der Waals surface area contributed by atoms with Crippen molar-refractivity contribution < 1.29 is 4.74 Å². The van der Waals surface area contributed by atoms with Crippen molar-refractivity contribution in [1.82, 2.24) is 14.9 Å². The molecule has 1 aliphatic rings. The predicted molar refractivity (Wildman–Crippen MR) is 76.7 cm³/mol. The maximum absolute atomic E-state index is 5.33. The number of ether oxygens (including phenoxy) is 1. The molecule has 0 aromatic carbocycles. The normalized spacial score (nSPS) is 16.3. The third-order valence-electron chi connectivity index (χ3n) is 3.10. The van der Waals surface area contributed by atoms with E-state index in [2.05, 4.69) is 20.2 Å². The Balaban J connectivity index is 1.68. The molecule has 0 bridgehead atoms. The largest absolute Gasteiger partial charge is 0.379 e. The fourth-order valence-corrected chi connectivity index (χ4v) is 2.01. The molecule has 0 radical (unpaired) electrons. The van der Waals surface area contributed by atoms with Gasteiger partial charge in [0.2, 0.25) is 5.95 Å². The number of rotatable bonds is 6. The Morgan fingerprint density at radius 3 is 2.89 bits per heavy atom. The lowest BCUT2D eigenvalue weighted by molar-refractivity contribution is 0.0378. The summed E-state index contributed by atoms with van der Waals surface area (Å²) < 4.78 is 5.33. The highest BCUT2D eigenvalue weighted by Gasteiger charge is 2.09. The highest BCUT2D eigenvalue weighted by atomic mass is 16.5. The van der Waals surface area contributed by atoms with E-state index in [0.29, 0.717) is 0 Å². The number of hydrogen-bond donors (Lipinski definition) is 1. The van der Waals surface area contributed by atoms with Gasteiger partial charge < -0.3 is 15.0 Å². The van der Waals surface area contributed by atoms with Crippen molar-refractivity contribution >= 4 is 11.8 Å². The molecule has 0 spiro atoms. The van der Waals surface area contributed by atoms with Crippen molar-refractivity contribution in [1.29, 1.82) is 0 Å². The molecule has 6 nitrogen and oxygen atoms in total. The lowest BCUT2D eigenvalue weighted by Crippen LogP contribution is -2.37. The van der Waals surface area contributed by atoms with Crippen LogP contribution in [0.2, 0.25) is 0 Å². The van der Waals surface area contributed by atoms with Crippen LogP contribution >= 0.6 is 0 Å². The summed E-state index contributed by atoms with van der Waals surface area (Å²) in [5, 5.41) is 3.34. The lowest BCUT2D eigenvalue weighted by atomic mass is 10.3. The molecule has 106 valence electrons. The Morgan fingerprint density at radius 1 is 1.37 bits per heavy atom. The minimum atomic E-state index is 0.734. The Bertz CT molecular complexity index is 379. The molecule has 1 N–H and O–H groups in total. The summed E-state index contributed by atoms with van der Waals surface area (Å²) >= 11 is 0. The van der Waals surface area contributed by atoms with Crippen LogP contribution in [0.4, 0.5) is 11.8 Å². The molecule has 2 rings (SSSR count). The Kier molecular flexibility index (Phi) is 5.35. The van der Waals surface area contributed by atoms with Crippen molar-refractivity contribution in [3.63, 3.8) is 0 Å². The van der Waals surface area contributed by atoms with E-state index in [1.165, 1.54) is 0 Å². The molecule has 1 fully saturated rings. The number of hydrogen-bond acceptors (Lipinski definition) is 6. The van der Waals surface area contributed by atoms with Crippen LogP contribution in [-0.4, -0.2) is 68.4 Å². The third-order valence-corrected chi connectivity index (χ3v) is 3.10. The van der Waals surface area contributed by atoms with E-state index in [1.807, 2.05) is 25.1 Å². The third kappa shape index (κ3) is 4.65. The molecule has 19 heavy (non-hydrogen) atoms. The molecule has 1 saturated heterocycles. The van der Waals surface area contributed by atoms with E-state index < -0.39 is 0 Å². The van der Waals surface area contributed by atoms with Crippen LogP contribution < -0.4 is 10.2 Å². The number of morpholine rings is 1. The smallest absolute Gasteiger partial charge is 0.226 e. The van der Waals surface area contributed by atoms with E-state index in [9.17, 15) is 0 Å². The van der Waals surface area contributed by atoms with Gasteiger partial charge in [0, 0.05) is 39.9 Å². The van der Waals surface area contributed by atoms with Crippen molar-refractivity contribution in [3.05, 3.63) is 12.3 Å². The fourth-order valence-electron chi connectivity index (χ4n) is 2.01.